The summed E-state index contributed by atoms with van der Waals surface area (Å²) in [5.41, 5.74) is 9.43. The van der Waals surface area contributed by atoms with Gasteiger partial charge in [0.05, 0.1) is 16.3 Å². The number of sulfonamides is 1. The highest BCUT2D eigenvalue weighted by molar-refractivity contribution is 7.92. The fourth-order valence-corrected chi connectivity index (χ4v) is 3.31. The zero-order valence-corrected chi connectivity index (χ0v) is 12.6. The van der Waals surface area contributed by atoms with Crippen LogP contribution in [0.5, 0.6) is 0 Å². The van der Waals surface area contributed by atoms with Crippen LogP contribution in [0.4, 0.5) is 11.4 Å². The monoisotopic (exact) mass is 290 g/mol. The number of nitrogens with two attached hydrogens (primary N) is 1. The number of hydrogen-bond acceptors (Lipinski definition) is 3. The van der Waals surface area contributed by atoms with E-state index in [1.807, 2.05) is 13.8 Å². The van der Waals surface area contributed by atoms with Crippen LogP contribution in [0.25, 0.3) is 0 Å². The zero-order chi connectivity index (χ0) is 14.9. The molecule has 5 heteroatoms. The molecule has 3 N–H and O–H groups in total. The Bertz CT molecular complexity index is 752. The maximum Gasteiger partial charge on any atom is 0.262 e. The first-order valence-corrected chi connectivity index (χ1v) is 7.75. The summed E-state index contributed by atoms with van der Waals surface area (Å²) in [6.45, 7) is 5.62. The summed E-state index contributed by atoms with van der Waals surface area (Å²) in [5.74, 6) is 0. The summed E-state index contributed by atoms with van der Waals surface area (Å²) in [6, 6.07) is 10.4. The molecular weight excluding hydrogens is 272 g/mol. The first-order chi connectivity index (χ1) is 9.31. The minimum absolute atomic E-state index is 0.262. The van der Waals surface area contributed by atoms with Crippen LogP contribution >= 0.6 is 0 Å². The predicted molar refractivity (Wildman–Crippen MR) is 82.3 cm³/mol. The van der Waals surface area contributed by atoms with Crippen molar-refractivity contribution in [2.45, 2.75) is 25.7 Å². The molecule has 0 spiro atoms. The van der Waals surface area contributed by atoms with Crippen LogP contribution in [0.15, 0.2) is 41.3 Å². The molecule has 2 aromatic carbocycles. The minimum Gasteiger partial charge on any atom is -0.397 e. The van der Waals surface area contributed by atoms with Gasteiger partial charge in [0.2, 0.25) is 0 Å². The first-order valence-electron chi connectivity index (χ1n) is 6.26. The number of nitrogens with one attached hydrogen (secondary N) is 1. The normalized spacial score (nSPS) is 11.3. The molecule has 0 saturated carbocycles. The Labute approximate surface area is 119 Å². The number of rotatable bonds is 3. The number of anilines is 2. The molecule has 0 aromatic heterocycles. The topological polar surface area (TPSA) is 72.2 Å². The quantitative estimate of drug-likeness (QED) is 0.854. The fraction of sp³-hybridized carbons (Fsp3) is 0.200. The highest BCUT2D eigenvalue weighted by atomic mass is 32.2. The van der Waals surface area contributed by atoms with E-state index in [1.54, 1.807) is 43.3 Å². The van der Waals surface area contributed by atoms with Gasteiger partial charge in [-0.05, 0) is 55.7 Å². The van der Waals surface area contributed by atoms with Gasteiger partial charge in [-0.3, -0.25) is 4.72 Å². The van der Waals surface area contributed by atoms with Crippen LogP contribution in [0.1, 0.15) is 16.7 Å². The number of benzene rings is 2. The molecule has 0 aliphatic rings. The van der Waals surface area contributed by atoms with Gasteiger partial charge in [0.15, 0.2) is 0 Å². The largest absolute Gasteiger partial charge is 0.397 e. The minimum atomic E-state index is -3.63. The fourth-order valence-electron chi connectivity index (χ4n) is 1.98. The molecule has 0 heterocycles. The van der Waals surface area contributed by atoms with E-state index in [1.165, 1.54) is 0 Å². The summed E-state index contributed by atoms with van der Waals surface area (Å²) in [6.07, 6.45) is 0. The zero-order valence-electron chi connectivity index (χ0n) is 11.8. The van der Waals surface area contributed by atoms with E-state index in [4.69, 9.17) is 5.73 Å². The van der Waals surface area contributed by atoms with Gasteiger partial charge in [0.25, 0.3) is 10.0 Å². The SMILES string of the molecule is Cc1cc(N)c(NS(=O)(=O)c2ccccc2C)cc1C. The van der Waals surface area contributed by atoms with Crippen molar-refractivity contribution in [2.24, 2.45) is 0 Å². The summed E-state index contributed by atoms with van der Waals surface area (Å²) in [5, 5.41) is 0. The Balaban J connectivity index is 2.44. The highest BCUT2D eigenvalue weighted by Gasteiger charge is 2.17. The molecule has 0 bridgehead atoms. The first kappa shape index (κ1) is 14.4. The van der Waals surface area contributed by atoms with Gasteiger partial charge >= 0.3 is 0 Å². The van der Waals surface area contributed by atoms with Gasteiger partial charge in [-0.15, -0.1) is 0 Å². The Morgan fingerprint density at radius 2 is 1.55 bits per heavy atom. The van der Waals surface area contributed by atoms with Gasteiger partial charge < -0.3 is 5.73 Å². The van der Waals surface area contributed by atoms with Crippen LogP contribution < -0.4 is 10.5 Å². The van der Waals surface area contributed by atoms with Crippen molar-refractivity contribution in [3.63, 3.8) is 0 Å². The van der Waals surface area contributed by atoms with E-state index in [2.05, 4.69) is 4.72 Å². The molecule has 20 heavy (non-hydrogen) atoms. The second-order valence-electron chi connectivity index (χ2n) is 4.89. The van der Waals surface area contributed by atoms with E-state index in [9.17, 15) is 8.42 Å². The Kier molecular flexibility index (Phi) is 3.72. The molecule has 0 aliphatic carbocycles. The van der Waals surface area contributed by atoms with Crippen LogP contribution in [0.2, 0.25) is 0 Å². The van der Waals surface area contributed by atoms with E-state index >= 15 is 0 Å². The summed E-state index contributed by atoms with van der Waals surface area (Å²) in [7, 11) is -3.63. The highest BCUT2D eigenvalue weighted by Crippen LogP contribution is 2.26. The van der Waals surface area contributed by atoms with E-state index in [-0.39, 0.29) is 4.90 Å². The van der Waals surface area contributed by atoms with Crippen LogP contribution in [0, 0.1) is 20.8 Å². The summed E-state index contributed by atoms with van der Waals surface area (Å²) >= 11 is 0. The number of aryl methyl sites for hydroxylation is 3. The molecule has 0 amide bonds. The molecule has 0 fully saturated rings. The van der Waals surface area contributed by atoms with E-state index in [0.717, 1.165) is 11.1 Å². The predicted octanol–water partition coefficient (Wildman–Crippen LogP) is 2.99. The van der Waals surface area contributed by atoms with Crippen molar-refractivity contribution in [3.8, 4) is 0 Å². The summed E-state index contributed by atoms with van der Waals surface area (Å²) < 4.78 is 27.4. The molecular formula is C15H18N2O2S. The lowest BCUT2D eigenvalue weighted by atomic mass is 10.1. The van der Waals surface area contributed by atoms with Crippen LogP contribution in [-0.4, -0.2) is 8.42 Å². The molecule has 0 unspecified atom stereocenters. The van der Waals surface area contributed by atoms with Crippen molar-refractivity contribution in [2.75, 3.05) is 10.5 Å². The molecule has 0 radical (unpaired) electrons. The lowest BCUT2D eigenvalue weighted by Gasteiger charge is -2.13. The van der Waals surface area contributed by atoms with Gasteiger partial charge in [0.1, 0.15) is 0 Å². The van der Waals surface area contributed by atoms with Gasteiger partial charge in [-0.2, -0.15) is 0 Å². The van der Waals surface area contributed by atoms with Crippen molar-refractivity contribution in [3.05, 3.63) is 53.1 Å². The Morgan fingerprint density at radius 3 is 2.20 bits per heavy atom. The molecule has 4 nitrogen and oxygen atoms in total. The van der Waals surface area contributed by atoms with Gasteiger partial charge in [0, 0.05) is 0 Å². The van der Waals surface area contributed by atoms with Crippen LogP contribution in [0.3, 0.4) is 0 Å². The average Bonchev–Trinajstić information content (AvgIpc) is 2.36. The lowest BCUT2D eigenvalue weighted by Crippen LogP contribution is -2.15. The van der Waals surface area contributed by atoms with Crippen molar-refractivity contribution in [1.82, 2.24) is 0 Å². The Hall–Kier alpha value is -2.01. The van der Waals surface area contributed by atoms with Gasteiger partial charge in [-0.25, -0.2) is 8.42 Å². The van der Waals surface area contributed by atoms with Gasteiger partial charge in [-0.1, -0.05) is 18.2 Å². The number of hydrogen-bond donors (Lipinski definition) is 2. The molecule has 0 atom stereocenters. The molecule has 0 saturated heterocycles. The molecule has 2 rings (SSSR count). The van der Waals surface area contributed by atoms with E-state index in [0.29, 0.717) is 16.9 Å². The van der Waals surface area contributed by atoms with Crippen molar-refractivity contribution >= 4 is 21.4 Å². The average molecular weight is 290 g/mol. The maximum atomic E-state index is 12.4. The maximum absolute atomic E-state index is 12.4. The standard InChI is InChI=1S/C15H18N2O2S/c1-10-6-4-5-7-15(10)20(18,19)17-14-9-12(3)11(2)8-13(14)16/h4-9,17H,16H2,1-3H3. The summed E-state index contributed by atoms with van der Waals surface area (Å²) in [4.78, 5) is 0.262. The third kappa shape index (κ3) is 2.77. The molecule has 106 valence electrons. The second-order valence-corrected chi connectivity index (χ2v) is 6.55. The lowest BCUT2D eigenvalue weighted by molar-refractivity contribution is 0.600. The third-order valence-corrected chi connectivity index (χ3v) is 4.82. The third-order valence-electron chi connectivity index (χ3n) is 3.29. The smallest absolute Gasteiger partial charge is 0.262 e. The van der Waals surface area contributed by atoms with Crippen molar-refractivity contribution in [1.29, 1.82) is 0 Å². The van der Waals surface area contributed by atoms with E-state index < -0.39 is 10.0 Å². The molecule has 0 aliphatic heterocycles. The van der Waals surface area contributed by atoms with Crippen molar-refractivity contribution < 1.29 is 8.42 Å². The van der Waals surface area contributed by atoms with Crippen LogP contribution in [-0.2, 0) is 10.0 Å². The Morgan fingerprint density at radius 1 is 0.950 bits per heavy atom. The number of nitrogen functional groups attached to an aromatic ring is 1. The molecule has 2 aromatic rings. The second kappa shape index (κ2) is 5.17.